The van der Waals surface area contributed by atoms with Gasteiger partial charge in [0.25, 0.3) is 5.91 Å². The summed E-state index contributed by atoms with van der Waals surface area (Å²) >= 11 is 3.50. The third-order valence-electron chi connectivity index (χ3n) is 3.22. The monoisotopic (exact) mass is 329 g/mol. The molecule has 20 heavy (non-hydrogen) atoms. The molecule has 0 atom stereocenters. The van der Waals surface area contributed by atoms with Gasteiger partial charge in [-0.3, -0.25) is 4.79 Å². The molecule has 0 aliphatic carbocycles. The molecule has 3 rings (SSSR count). The fraction of sp³-hybridized carbons (Fsp3) is 0.0625. The molecule has 1 aliphatic rings. The maximum Gasteiger partial charge on any atom is 0.256 e. The van der Waals surface area contributed by atoms with Gasteiger partial charge in [0.15, 0.2) is 0 Å². The Bertz CT molecular complexity index is 722. The van der Waals surface area contributed by atoms with Crippen molar-refractivity contribution >= 4 is 39.2 Å². The van der Waals surface area contributed by atoms with E-state index in [1.54, 1.807) is 7.11 Å². The average Bonchev–Trinajstić information content (AvgIpc) is 2.77. The highest BCUT2D eigenvalue weighted by atomic mass is 79.9. The summed E-state index contributed by atoms with van der Waals surface area (Å²) < 4.78 is 6.06. The second kappa shape index (κ2) is 5.13. The molecule has 0 unspecified atom stereocenters. The van der Waals surface area contributed by atoms with Crippen molar-refractivity contribution in [2.24, 2.45) is 0 Å². The van der Waals surface area contributed by atoms with Crippen LogP contribution in [0.3, 0.4) is 0 Å². The van der Waals surface area contributed by atoms with E-state index in [1.165, 1.54) is 0 Å². The lowest BCUT2D eigenvalue weighted by molar-refractivity contribution is -0.110. The minimum Gasteiger partial charge on any atom is -0.497 e. The van der Waals surface area contributed by atoms with Crippen molar-refractivity contribution in [1.82, 2.24) is 0 Å². The van der Waals surface area contributed by atoms with Crippen molar-refractivity contribution in [2.75, 3.05) is 12.4 Å². The van der Waals surface area contributed by atoms with Crippen LogP contribution >= 0.6 is 15.9 Å². The Labute approximate surface area is 125 Å². The fourth-order valence-corrected chi connectivity index (χ4v) is 2.66. The SMILES string of the molecule is COc1ccc(/C=C2\C(=O)Nc3ccccc32)c(Br)c1. The molecule has 100 valence electrons. The zero-order chi connectivity index (χ0) is 14.1. The van der Waals surface area contributed by atoms with E-state index in [1.807, 2.05) is 48.5 Å². The average molecular weight is 330 g/mol. The molecule has 0 radical (unpaired) electrons. The lowest BCUT2D eigenvalue weighted by atomic mass is 10.0. The number of hydrogen-bond donors (Lipinski definition) is 1. The predicted molar refractivity (Wildman–Crippen MR) is 83.6 cm³/mol. The molecule has 2 aromatic carbocycles. The molecule has 1 aliphatic heterocycles. The number of anilines is 1. The van der Waals surface area contributed by atoms with Gasteiger partial charge in [0.05, 0.1) is 7.11 Å². The van der Waals surface area contributed by atoms with Gasteiger partial charge in [-0.25, -0.2) is 0 Å². The lowest BCUT2D eigenvalue weighted by Gasteiger charge is -2.04. The first-order chi connectivity index (χ1) is 9.69. The minimum absolute atomic E-state index is 0.0751. The third kappa shape index (κ3) is 2.23. The normalized spacial score (nSPS) is 15.1. The van der Waals surface area contributed by atoms with Crippen LogP contribution in [-0.2, 0) is 4.79 Å². The number of methoxy groups -OCH3 is 1. The van der Waals surface area contributed by atoms with Gasteiger partial charge in [-0.1, -0.05) is 40.2 Å². The van der Waals surface area contributed by atoms with E-state index in [4.69, 9.17) is 4.74 Å². The molecule has 3 nitrogen and oxygen atoms in total. The Kier molecular flexibility index (Phi) is 3.32. The topological polar surface area (TPSA) is 38.3 Å². The number of hydrogen-bond acceptors (Lipinski definition) is 2. The first-order valence-electron chi connectivity index (χ1n) is 6.15. The number of nitrogens with one attached hydrogen (secondary N) is 1. The molecule has 0 fully saturated rings. The molecule has 1 N–H and O–H groups in total. The molecule has 0 aromatic heterocycles. The highest BCUT2D eigenvalue weighted by molar-refractivity contribution is 9.10. The second-order valence-electron chi connectivity index (χ2n) is 4.45. The molecule has 2 aromatic rings. The van der Waals surface area contributed by atoms with E-state index in [-0.39, 0.29) is 5.91 Å². The van der Waals surface area contributed by atoms with Gasteiger partial charge in [0.1, 0.15) is 5.75 Å². The van der Waals surface area contributed by atoms with E-state index in [2.05, 4.69) is 21.2 Å². The smallest absolute Gasteiger partial charge is 0.256 e. The van der Waals surface area contributed by atoms with E-state index in [0.29, 0.717) is 5.57 Å². The van der Waals surface area contributed by atoms with Crippen molar-refractivity contribution in [3.8, 4) is 5.75 Å². The van der Waals surface area contributed by atoms with Crippen molar-refractivity contribution in [1.29, 1.82) is 0 Å². The number of ether oxygens (including phenoxy) is 1. The number of carbonyl (C=O) groups is 1. The summed E-state index contributed by atoms with van der Waals surface area (Å²) in [4.78, 5) is 12.1. The van der Waals surface area contributed by atoms with Gasteiger partial charge in [-0.05, 0) is 29.8 Å². The summed E-state index contributed by atoms with van der Waals surface area (Å²) in [5.74, 6) is 0.698. The highest BCUT2D eigenvalue weighted by Gasteiger charge is 2.23. The number of amides is 1. The highest BCUT2D eigenvalue weighted by Crippen LogP contribution is 2.34. The maximum atomic E-state index is 12.1. The van der Waals surface area contributed by atoms with Crippen molar-refractivity contribution in [2.45, 2.75) is 0 Å². The van der Waals surface area contributed by atoms with Crippen LogP contribution in [0.25, 0.3) is 11.6 Å². The zero-order valence-corrected chi connectivity index (χ0v) is 12.4. The van der Waals surface area contributed by atoms with E-state index >= 15 is 0 Å². The summed E-state index contributed by atoms with van der Waals surface area (Å²) in [7, 11) is 1.63. The van der Waals surface area contributed by atoms with E-state index in [0.717, 1.165) is 27.0 Å². The summed E-state index contributed by atoms with van der Waals surface area (Å²) in [5.41, 5.74) is 3.40. The Morgan fingerprint density at radius 2 is 2.00 bits per heavy atom. The van der Waals surface area contributed by atoms with Gasteiger partial charge >= 0.3 is 0 Å². The van der Waals surface area contributed by atoms with Crippen molar-refractivity contribution in [3.05, 3.63) is 58.1 Å². The number of halogens is 1. The van der Waals surface area contributed by atoms with Gasteiger partial charge in [-0.15, -0.1) is 0 Å². The van der Waals surface area contributed by atoms with Gasteiger partial charge < -0.3 is 10.1 Å². The van der Waals surface area contributed by atoms with Crippen molar-refractivity contribution < 1.29 is 9.53 Å². The summed E-state index contributed by atoms with van der Waals surface area (Å²) in [6.07, 6.45) is 1.88. The number of carbonyl (C=O) groups excluding carboxylic acids is 1. The van der Waals surface area contributed by atoms with Crippen LogP contribution in [0.2, 0.25) is 0 Å². The number of fused-ring (bicyclic) bond motifs is 1. The summed E-state index contributed by atoms with van der Waals surface area (Å²) in [5, 5.41) is 2.86. The molecule has 1 heterocycles. The Morgan fingerprint density at radius 3 is 2.75 bits per heavy atom. The maximum absolute atomic E-state index is 12.1. The Hall–Kier alpha value is -2.07. The molecule has 0 bridgehead atoms. The Balaban J connectivity index is 2.07. The molecule has 0 spiro atoms. The van der Waals surface area contributed by atoms with Crippen LogP contribution in [0.5, 0.6) is 5.75 Å². The molecule has 0 saturated heterocycles. The van der Waals surface area contributed by atoms with E-state index < -0.39 is 0 Å². The zero-order valence-electron chi connectivity index (χ0n) is 10.8. The quantitative estimate of drug-likeness (QED) is 0.847. The summed E-state index contributed by atoms with van der Waals surface area (Å²) in [6, 6.07) is 13.3. The van der Waals surface area contributed by atoms with Gasteiger partial charge in [0, 0.05) is 21.3 Å². The number of rotatable bonds is 2. The first-order valence-corrected chi connectivity index (χ1v) is 6.94. The number of benzene rings is 2. The van der Waals surface area contributed by atoms with Crippen LogP contribution in [0.15, 0.2) is 46.9 Å². The first kappa shape index (κ1) is 12.9. The predicted octanol–water partition coefficient (Wildman–Crippen LogP) is 3.95. The van der Waals surface area contributed by atoms with Crippen LogP contribution in [-0.4, -0.2) is 13.0 Å². The van der Waals surface area contributed by atoms with Crippen LogP contribution in [0.4, 0.5) is 5.69 Å². The van der Waals surface area contributed by atoms with Crippen molar-refractivity contribution in [3.63, 3.8) is 0 Å². The lowest BCUT2D eigenvalue weighted by Crippen LogP contribution is -2.03. The third-order valence-corrected chi connectivity index (χ3v) is 3.90. The van der Waals surface area contributed by atoms with Crippen LogP contribution in [0, 0.1) is 0 Å². The van der Waals surface area contributed by atoms with Gasteiger partial charge in [0.2, 0.25) is 0 Å². The Morgan fingerprint density at radius 1 is 1.20 bits per heavy atom. The van der Waals surface area contributed by atoms with Crippen LogP contribution in [0.1, 0.15) is 11.1 Å². The molecule has 1 amide bonds. The molecule has 0 saturated carbocycles. The van der Waals surface area contributed by atoms with Gasteiger partial charge in [-0.2, -0.15) is 0 Å². The standard InChI is InChI=1S/C16H12BrNO2/c1-20-11-7-6-10(14(17)9-11)8-13-12-4-2-3-5-15(12)18-16(13)19/h2-9H,1H3,(H,18,19)/b13-8-. The largest absolute Gasteiger partial charge is 0.497 e. The van der Waals surface area contributed by atoms with Crippen LogP contribution < -0.4 is 10.1 Å². The minimum atomic E-state index is -0.0751. The number of para-hydroxylation sites is 1. The molecular formula is C16H12BrNO2. The second-order valence-corrected chi connectivity index (χ2v) is 5.30. The van der Waals surface area contributed by atoms with E-state index in [9.17, 15) is 4.79 Å². The summed E-state index contributed by atoms with van der Waals surface area (Å²) in [6.45, 7) is 0. The molecular weight excluding hydrogens is 318 g/mol. The fourth-order valence-electron chi connectivity index (χ4n) is 2.19. The molecule has 4 heteroatoms.